The number of nitrogens with zero attached hydrogens (tertiary/aromatic N) is 2. The van der Waals surface area contributed by atoms with Gasteiger partial charge in [0.1, 0.15) is 11.6 Å². The molecule has 18 heavy (non-hydrogen) atoms. The minimum Gasteiger partial charge on any atom is -0.495 e. The summed E-state index contributed by atoms with van der Waals surface area (Å²) in [7, 11) is 1.59. The van der Waals surface area contributed by atoms with E-state index in [2.05, 4.69) is 9.97 Å². The summed E-state index contributed by atoms with van der Waals surface area (Å²) in [6, 6.07) is 7.45. The maximum atomic E-state index is 6.10. The van der Waals surface area contributed by atoms with Gasteiger partial charge in [0.2, 0.25) is 0 Å². The van der Waals surface area contributed by atoms with Crippen molar-refractivity contribution < 1.29 is 4.74 Å². The van der Waals surface area contributed by atoms with Gasteiger partial charge in [-0.05, 0) is 31.2 Å². The molecule has 1 aromatic carbocycles. The lowest BCUT2D eigenvalue weighted by molar-refractivity contribution is 0.415. The predicted molar refractivity (Wildman–Crippen MR) is 71.7 cm³/mol. The second kappa shape index (κ2) is 5.33. The van der Waals surface area contributed by atoms with Crippen LogP contribution in [0.25, 0.3) is 11.3 Å². The average Bonchev–Trinajstić information content (AvgIpc) is 2.37. The van der Waals surface area contributed by atoms with Crippen LogP contribution in [0.5, 0.6) is 5.75 Å². The highest BCUT2D eigenvalue weighted by molar-refractivity contribution is 6.32. The van der Waals surface area contributed by atoms with Gasteiger partial charge in [-0.15, -0.1) is 0 Å². The molecule has 0 bridgehead atoms. The average molecular weight is 264 g/mol. The molecule has 0 aliphatic heterocycles. The van der Waals surface area contributed by atoms with Gasteiger partial charge in [0.05, 0.1) is 24.4 Å². The van der Waals surface area contributed by atoms with E-state index >= 15 is 0 Å². The Morgan fingerprint density at radius 2 is 2.06 bits per heavy atom. The van der Waals surface area contributed by atoms with Crippen LogP contribution in [-0.4, -0.2) is 17.1 Å². The number of methoxy groups -OCH3 is 1. The number of nitrogens with two attached hydrogens (primary N) is 1. The summed E-state index contributed by atoms with van der Waals surface area (Å²) in [6.45, 7) is 2.23. The zero-order valence-electron chi connectivity index (χ0n) is 10.3. The minimum atomic E-state index is 0.318. The van der Waals surface area contributed by atoms with Crippen molar-refractivity contribution in [2.45, 2.75) is 13.5 Å². The lowest BCUT2D eigenvalue weighted by atomic mass is 10.1. The lowest BCUT2D eigenvalue weighted by Gasteiger charge is -2.07. The van der Waals surface area contributed by atoms with Crippen LogP contribution in [0, 0.1) is 6.92 Å². The largest absolute Gasteiger partial charge is 0.495 e. The van der Waals surface area contributed by atoms with Crippen LogP contribution in [-0.2, 0) is 6.54 Å². The fraction of sp³-hybridized carbons (Fsp3) is 0.231. The van der Waals surface area contributed by atoms with E-state index in [4.69, 9.17) is 22.1 Å². The van der Waals surface area contributed by atoms with Crippen LogP contribution in [0.15, 0.2) is 24.3 Å². The van der Waals surface area contributed by atoms with Crippen molar-refractivity contribution >= 4 is 11.6 Å². The standard InChI is InChI=1S/C13H14ClN3O/c1-8-5-11(17-13(7-15)16-8)9-3-4-12(18-2)10(14)6-9/h3-6H,7,15H2,1-2H3. The summed E-state index contributed by atoms with van der Waals surface area (Å²) >= 11 is 6.10. The Hall–Kier alpha value is -1.65. The molecule has 0 saturated heterocycles. The predicted octanol–water partition coefficient (Wildman–Crippen LogP) is 2.57. The molecular weight excluding hydrogens is 250 g/mol. The number of aromatic nitrogens is 2. The van der Waals surface area contributed by atoms with Crippen LogP contribution in [0.1, 0.15) is 11.5 Å². The van der Waals surface area contributed by atoms with Crippen LogP contribution >= 0.6 is 11.6 Å². The summed E-state index contributed by atoms with van der Waals surface area (Å²) in [4.78, 5) is 8.62. The van der Waals surface area contributed by atoms with E-state index in [9.17, 15) is 0 Å². The van der Waals surface area contributed by atoms with E-state index < -0.39 is 0 Å². The number of hydrogen-bond donors (Lipinski definition) is 1. The molecule has 2 aromatic rings. The Kier molecular flexibility index (Phi) is 3.79. The van der Waals surface area contributed by atoms with Gasteiger partial charge < -0.3 is 10.5 Å². The maximum absolute atomic E-state index is 6.10. The van der Waals surface area contributed by atoms with Crippen molar-refractivity contribution in [3.05, 3.63) is 40.8 Å². The number of halogens is 1. The first-order valence-corrected chi connectivity index (χ1v) is 5.90. The Morgan fingerprint density at radius 1 is 1.28 bits per heavy atom. The van der Waals surface area contributed by atoms with Gasteiger partial charge in [-0.2, -0.15) is 0 Å². The van der Waals surface area contributed by atoms with Gasteiger partial charge >= 0.3 is 0 Å². The normalized spacial score (nSPS) is 10.4. The summed E-state index contributed by atoms with van der Waals surface area (Å²) < 4.78 is 5.12. The third-order valence-corrected chi connectivity index (χ3v) is 2.83. The number of ether oxygens (including phenoxy) is 1. The van der Waals surface area contributed by atoms with Gasteiger partial charge in [0.25, 0.3) is 0 Å². The molecule has 0 unspecified atom stereocenters. The molecule has 0 atom stereocenters. The van der Waals surface area contributed by atoms with Gasteiger partial charge in [0, 0.05) is 11.3 Å². The van der Waals surface area contributed by atoms with Crippen molar-refractivity contribution in [1.29, 1.82) is 0 Å². The third-order valence-electron chi connectivity index (χ3n) is 2.53. The maximum Gasteiger partial charge on any atom is 0.142 e. The molecule has 0 radical (unpaired) electrons. The second-order valence-corrected chi connectivity index (χ2v) is 4.27. The molecule has 1 aromatic heterocycles. The van der Waals surface area contributed by atoms with Crippen LogP contribution in [0.4, 0.5) is 0 Å². The molecule has 5 heteroatoms. The molecular formula is C13H14ClN3O. The highest BCUT2D eigenvalue weighted by Gasteiger charge is 2.07. The topological polar surface area (TPSA) is 61.0 Å². The highest BCUT2D eigenvalue weighted by Crippen LogP contribution is 2.29. The molecule has 2 N–H and O–H groups in total. The van der Waals surface area contributed by atoms with Gasteiger partial charge in [-0.1, -0.05) is 11.6 Å². The molecule has 1 heterocycles. The molecule has 0 aliphatic carbocycles. The number of rotatable bonds is 3. The number of aryl methyl sites for hydroxylation is 1. The van der Waals surface area contributed by atoms with E-state index in [1.165, 1.54) is 0 Å². The van der Waals surface area contributed by atoms with Gasteiger partial charge in [0.15, 0.2) is 0 Å². The molecule has 0 spiro atoms. The van der Waals surface area contributed by atoms with E-state index in [1.807, 2.05) is 31.2 Å². The molecule has 94 valence electrons. The molecule has 0 amide bonds. The van der Waals surface area contributed by atoms with E-state index in [1.54, 1.807) is 7.11 Å². The Bertz CT molecular complexity index is 572. The van der Waals surface area contributed by atoms with Crippen LogP contribution in [0.2, 0.25) is 5.02 Å². The Balaban J connectivity index is 2.48. The first-order valence-electron chi connectivity index (χ1n) is 5.52. The summed E-state index contributed by atoms with van der Waals surface area (Å²) in [5.74, 6) is 1.27. The van der Waals surface area contributed by atoms with Gasteiger partial charge in [-0.25, -0.2) is 9.97 Å². The first-order chi connectivity index (χ1) is 8.63. The van der Waals surface area contributed by atoms with E-state index in [0.29, 0.717) is 23.1 Å². The summed E-state index contributed by atoms with van der Waals surface area (Å²) in [6.07, 6.45) is 0. The number of hydrogen-bond acceptors (Lipinski definition) is 4. The van der Waals surface area contributed by atoms with E-state index in [0.717, 1.165) is 17.0 Å². The van der Waals surface area contributed by atoms with Crippen LogP contribution in [0.3, 0.4) is 0 Å². The first kappa shape index (κ1) is 12.8. The third kappa shape index (κ3) is 2.60. The lowest BCUT2D eigenvalue weighted by Crippen LogP contribution is -2.05. The fourth-order valence-electron chi connectivity index (χ4n) is 1.69. The zero-order chi connectivity index (χ0) is 13.1. The minimum absolute atomic E-state index is 0.318. The van der Waals surface area contributed by atoms with Crippen molar-refractivity contribution in [2.24, 2.45) is 5.73 Å². The molecule has 2 rings (SSSR count). The zero-order valence-corrected chi connectivity index (χ0v) is 11.0. The molecule has 0 aliphatic rings. The Labute approximate surface area is 111 Å². The summed E-state index contributed by atoms with van der Waals surface area (Å²) in [5.41, 5.74) is 8.18. The monoisotopic (exact) mass is 263 g/mol. The molecule has 0 saturated carbocycles. The highest BCUT2D eigenvalue weighted by atomic mass is 35.5. The van der Waals surface area contributed by atoms with Gasteiger partial charge in [-0.3, -0.25) is 0 Å². The molecule has 4 nitrogen and oxygen atoms in total. The van der Waals surface area contributed by atoms with Crippen molar-refractivity contribution in [3.8, 4) is 17.0 Å². The van der Waals surface area contributed by atoms with Crippen molar-refractivity contribution in [2.75, 3.05) is 7.11 Å². The van der Waals surface area contributed by atoms with Crippen molar-refractivity contribution in [1.82, 2.24) is 9.97 Å². The van der Waals surface area contributed by atoms with Crippen LogP contribution < -0.4 is 10.5 Å². The molecule has 0 fully saturated rings. The SMILES string of the molecule is COc1ccc(-c2cc(C)nc(CN)n2)cc1Cl. The quantitative estimate of drug-likeness (QED) is 0.925. The second-order valence-electron chi connectivity index (χ2n) is 3.86. The van der Waals surface area contributed by atoms with E-state index in [-0.39, 0.29) is 0 Å². The fourth-order valence-corrected chi connectivity index (χ4v) is 1.95. The smallest absolute Gasteiger partial charge is 0.142 e. The van der Waals surface area contributed by atoms with Crippen molar-refractivity contribution in [3.63, 3.8) is 0 Å². The Morgan fingerprint density at radius 3 is 2.67 bits per heavy atom. The summed E-state index contributed by atoms with van der Waals surface area (Å²) in [5, 5.41) is 0.556. The number of benzene rings is 1.